The number of methoxy groups -OCH3 is 1. The van der Waals surface area contributed by atoms with Gasteiger partial charge in [-0.25, -0.2) is 4.79 Å². The maximum atomic E-state index is 12.5. The summed E-state index contributed by atoms with van der Waals surface area (Å²) in [6.07, 6.45) is 2.47. The predicted octanol–water partition coefficient (Wildman–Crippen LogP) is 1.41. The molecule has 2 amide bonds. The third-order valence-electron chi connectivity index (χ3n) is 6.75. The number of aliphatic hydroxyl groups is 1. The van der Waals surface area contributed by atoms with E-state index in [1.165, 1.54) is 19.4 Å². The first-order valence-electron chi connectivity index (χ1n) is 10.8. The Morgan fingerprint density at radius 2 is 2.03 bits per heavy atom. The van der Waals surface area contributed by atoms with Gasteiger partial charge in [0.2, 0.25) is 5.91 Å². The number of ether oxygens (including phenoxy) is 4. The summed E-state index contributed by atoms with van der Waals surface area (Å²) >= 11 is 0. The van der Waals surface area contributed by atoms with Crippen molar-refractivity contribution in [2.75, 3.05) is 13.7 Å². The number of nitrogens with two attached hydrogens (primary N) is 1. The molecular formula is C22H36N2O7. The molecule has 2 aliphatic heterocycles. The second kappa shape index (κ2) is 8.35. The minimum atomic E-state index is -1.53. The number of alkyl carbamates (subject to hydrolysis) is 1. The topological polar surface area (TPSA) is 136 Å². The molecule has 9 heteroatoms. The van der Waals surface area contributed by atoms with E-state index in [4.69, 9.17) is 24.7 Å². The number of allylic oxidation sites excluding steroid dienone is 1. The molecule has 2 saturated heterocycles. The molecule has 0 aromatic heterocycles. The number of hydrogen-bond acceptors (Lipinski definition) is 7. The average molecular weight is 441 g/mol. The highest BCUT2D eigenvalue weighted by Gasteiger charge is 2.72. The molecule has 1 saturated carbocycles. The Hall–Kier alpha value is -1.68. The van der Waals surface area contributed by atoms with Gasteiger partial charge in [0.25, 0.3) is 0 Å². The Kier molecular flexibility index (Phi) is 6.46. The molecule has 1 aliphatic carbocycles. The number of carbonyl (C=O) groups is 2. The van der Waals surface area contributed by atoms with Gasteiger partial charge in [-0.1, -0.05) is 11.6 Å². The second-order valence-corrected chi connectivity index (χ2v) is 9.95. The number of primary amides is 1. The molecule has 9 nitrogen and oxygen atoms in total. The Bertz CT molecular complexity index is 739. The number of carbonyl (C=O) groups excluding carboxylic acids is 2. The van der Waals surface area contributed by atoms with Gasteiger partial charge in [-0.05, 0) is 53.9 Å². The van der Waals surface area contributed by atoms with Gasteiger partial charge in [0.05, 0.1) is 24.2 Å². The van der Waals surface area contributed by atoms with E-state index in [9.17, 15) is 14.7 Å². The molecule has 7 atom stereocenters. The van der Waals surface area contributed by atoms with E-state index in [1.807, 2.05) is 0 Å². The maximum Gasteiger partial charge on any atom is 0.408 e. The van der Waals surface area contributed by atoms with Crippen LogP contribution in [0.4, 0.5) is 4.79 Å². The molecule has 176 valence electrons. The summed E-state index contributed by atoms with van der Waals surface area (Å²) < 4.78 is 23.5. The average Bonchev–Trinajstić information content (AvgIpc) is 3.56. The van der Waals surface area contributed by atoms with Crippen molar-refractivity contribution in [2.24, 2.45) is 11.7 Å². The SMILES string of the molecule is CO[C@H]1C(C2(C)O[C@H]2CC=C(C)C)C2(CC[C@H]1OC(=O)N[C@@H](C(N)=O)C(C)(C)O)CO2. The standard InChI is InChI=1S/C22H36N2O7/c1-12(2)7-8-14-21(5,31-14)16-15(28-6)13(9-10-22(16)11-29-22)30-19(26)24-17(18(23)25)20(3,4)27/h7,13-17,27H,8-11H2,1-6H3,(H2,23,25)(H,24,26)/t13-,14+,15-,16?,17+,21?,22?/m1/s1. The number of nitrogens with one attached hydrogen (secondary N) is 1. The fourth-order valence-electron chi connectivity index (χ4n) is 4.96. The fourth-order valence-corrected chi connectivity index (χ4v) is 4.96. The number of amides is 2. The van der Waals surface area contributed by atoms with Crippen LogP contribution in [0.25, 0.3) is 0 Å². The molecule has 3 unspecified atom stereocenters. The van der Waals surface area contributed by atoms with Gasteiger partial charge in [0, 0.05) is 7.11 Å². The highest BCUT2D eigenvalue weighted by molar-refractivity contribution is 5.85. The van der Waals surface area contributed by atoms with E-state index >= 15 is 0 Å². The van der Waals surface area contributed by atoms with Crippen LogP contribution in [0.2, 0.25) is 0 Å². The summed E-state index contributed by atoms with van der Waals surface area (Å²) in [5, 5.41) is 12.5. The third kappa shape index (κ3) is 4.89. The summed E-state index contributed by atoms with van der Waals surface area (Å²) in [7, 11) is 1.59. The highest BCUT2D eigenvalue weighted by atomic mass is 16.6. The van der Waals surface area contributed by atoms with Crippen LogP contribution in [0.15, 0.2) is 11.6 Å². The quantitative estimate of drug-likeness (QED) is 0.383. The van der Waals surface area contributed by atoms with Crippen molar-refractivity contribution in [2.45, 2.75) is 95.0 Å². The monoisotopic (exact) mass is 440 g/mol. The first kappa shape index (κ1) is 24.0. The van der Waals surface area contributed by atoms with Crippen molar-refractivity contribution >= 4 is 12.0 Å². The molecule has 3 fully saturated rings. The van der Waals surface area contributed by atoms with Gasteiger partial charge in [-0.3, -0.25) is 4.79 Å². The van der Waals surface area contributed by atoms with Gasteiger partial charge in [-0.2, -0.15) is 0 Å². The molecule has 31 heavy (non-hydrogen) atoms. The van der Waals surface area contributed by atoms with Gasteiger partial charge in [0.1, 0.15) is 29.5 Å². The zero-order valence-corrected chi connectivity index (χ0v) is 19.3. The molecule has 0 bridgehead atoms. The van der Waals surface area contributed by atoms with Crippen molar-refractivity contribution in [3.05, 3.63) is 11.6 Å². The van der Waals surface area contributed by atoms with Crippen molar-refractivity contribution in [3.63, 3.8) is 0 Å². The van der Waals surface area contributed by atoms with E-state index in [0.29, 0.717) is 19.4 Å². The predicted molar refractivity (Wildman–Crippen MR) is 112 cm³/mol. The van der Waals surface area contributed by atoms with E-state index in [2.05, 4.69) is 32.2 Å². The van der Waals surface area contributed by atoms with Crippen molar-refractivity contribution < 1.29 is 33.6 Å². The van der Waals surface area contributed by atoms with Gasteiger partial charge >= 0.3 is 6.09 Å². The van der Waals surface area contributed by atoms with E-state index < -0.39 is 41.5 Å². The zero-order chi connectivity index (χ0) is 23.2. The van der Waals surface area contributed by atoms with Crippen LogP contribution in [0, 0.1) is 5.92 Å². The Morgan fingerprint density at radius 3 is 2.52 bits per heavy atom. The molecule has 3 rings (SSSR count). The molecule has 0 aromatic carbocycles. The summed E-state index contributed by atoms with van der Waals surface area (Å²) in [6.45, 7) is 9.59. The zero-order valence-electron chi connectivity index (χ0n) is 19.3. The summed E-state index contributed by atoms with van der Waals surface area (Å²) in [4.78, 5) is 24.2. The van der Waals surface area contributed by atoms with Crippen molar-refractivity contribution in [1.29, 1.82) is 0 Å². The normalized spacial score (nSPS) is 37.6. The van der Waals surface area contributed by atoms with Crippen LogP contribution in [0.3, 0.4) is 0 Å². The van der Waals surface area contributed by atoms with Gasteiger partial charge < -0.3 is 35.1 Å². The highest BCUT2D eigenvalue weighted by Crippen LogP contribution is 2.59. The van der Waals surface area contributed by atoms with Crippen molar-refractivity contribution in [1.82, 2.24) is 5.32 Å². The number of epoxide rings is 2. The maximum absolute atomic E-state index is 12.5. The van der Waals surface area contributed by atoms with Gasteiger partial charge in [-0.15, -0.1) is 0 Å². The molecule has 0 radical (unpaired) electrons. The summed E-state index contributed by atoms with van der Waals surface area (Å²) in [6, 6.07) is -1.28. The number of rotatable bonds is 8. The van der Waals surface area contributed by atoms with Crippen LogP contribution < -0.4 is 11.1 Å². The first-order chi connectivity index (χ1) is 14.3. The lowest BCUT2D eigenvalue weighted by Crippen LogP contribution is -2.59. The Morgan fingerprint density at radius 1 is 1.39 bits per heavy atom. The number of hydrogen-bond donors (Lipinski definition) is 3. The summed E-state index contributed by atoms with van der Waals surface area (Å²) in [5.74, 6) is -0.950. The minimum Gasteiger partial charge on any atom is -0.443 e. The molecule has 3 aliphatic rings. The van der Waals surface area contributed by atoms with Crippen molar-refractivity contribution in [3.8, 4) is 0 Å². The smallest absolute Gasteiger partial charge is 0.408 e. The summed E-state index contributed by atoms with van der Waals surface area (Å²) in [5.41, 5.74) is 4.26. The van der Waals surface area contributed by atoms with Crippen LogP contribution in [-0.2, 0) is 23.7 Å². The van der Waals surface area contributed by atoms with Crippen LogP contribution in [0.1, 0.15) is 53.9 Å². The van der Waals surface area contributed by atoms with Crippen LogP contribution >= 0.6 is 0 Å². The van der Waals surface area contributed by atoms with Crippen LogP contribution in [-0.4, -0.2) is 72.0 Å². The van der Waals surface area contributed by atoms with Gasteiger partial charge in [0.15, 0.2) is 0 Å². The lowest BCUT2D eigenvalue weighted by atomic mass is 9.68. The van der Waals surface area contributed by atoms with E-state index in [1.54, 1.807) is 7.11 Å². The largest absolute Gasteiger partial charge is 0.443 e. The third-order valence-corrected chi connectivity index (χ3v) is 6.75. The lowest BCUT2D eigenvalue weighted by molar-refractivity contribution is -0.127. The fraction of sp³-hybridized carbons (Fsp3) is 0.818. The molecule has 0 aromatic rings. The molecule has 2 heterocycles. The molecule has 4 N–H and O–H groups in total. The Balaban J connectivity index is 1.72. The Labute approximate surface area is 183 Å². The second-order valence-electron chi connectivity index (χ2n) is 9.95. The van der Waals surface area contributed by atoms with E-state index in [-0.39, 0.29) is 17.6 Å². The molecular weight excluding hydrogens is 404 g/mol. The van der Waals surface area contributed by atoms with E-state index in [0.717, 1.165) is 6.42 Å². The molecule has 1 spiro atoms. The van der Waals surface area contributed by atoms with Crippen LogP contribution in [0.5, 0.6) is 0 Å². The first-order valence-corrected chi connectivity index (χ1v) is 10.8. The minimum absolute atomic E-state index is 0.0492. The lowest BCUT2D eigenvalue weighted by Gasteiger charge is -2.42.